The standard InChI is InChI=1S/C28H36N2O4/c1-21-10-6-7-13-25(21)29(2)24-12-9-11-22(20-24)26(31)17-15-23-16-18-27(32)30(23)19-8-4-3-5-14-28(33)34/h6-7,9-13,15,17,20,23,26,31H,3-5,8,14,16,18-19H2,1-2H3,(H,33,34)/t23-,26?/m0/s1. The summed E-state index contributed by atoms with van der Waals surface area (Å²) in [5.41, 5.74) is 4.11. The van der Waals surface area contributed by atoms with Crippen LogP contribution in [-0.4, -0.2) is 46.6 Å². The van der Waals surface area contributed by atoms with Gasteiger partial charge in [0.25, 0.3) is 0 Å². The zero-order valence-corrected chi connectivity index (χ0v) is 20.2. The van der Waals surface area contributed by atoms with E-state index in [2.05, 4.69) is 24.0 Å². The Labute approximate surface area is 202 Å². The van der Waals surface area contributed by atoms with Crippen molar-refractivity contribution in [3.05, 3.63) is 71.8 Å². The second-order valence-electron chi connectivity index (χ2n) is 9.02. The van der Waals surface area contributed by atoms with Gasteiger partial charge >= 0.3 is 5.97 Å². The van der Waals surface area contributed by atoms with E-state index in [9.17, 15) is 14.7 Å². The van der Waals surface area contributed by atoms with E-state index in [0.29, 0.717) is 19.4 Å². The zero-order chi connectivity index (χ0) is 24.5. The van der Waals surface area contributed by atoms with Crippen molar-refractivity contribution in [2.24, 2.45) is 0 Å². The van der Waals surface area contributed by atoms with Crippen LogP contribution < -0.4 is 4.90 Å². The minimum atomic E-state index is -0.758. The van der Waals surface area contributed by atoms with E-state index >= 15 is 0 Å². The lowest BCUT2D eigenvalue weighted by molar-refractivity contribution is -0.137. The molecule has 182 valence electrons. The summed E-state index contributed by atoms with van der Waals surface area (Å²) in [7, 11) is 2.02. The molecular formula is C28H36N2O4. The van der Waals surface area contributed by atoms with E-state index in [-0.39, 0.29) is 18.4 Å². The number of aliphatic hydroxyl groups is 1. The fourth-order valence-electron chi connectivity index (χ4n) is 4.50. The number of carboxylic acid groups (broad SMARTS) is 1. The smallest absolute Gasteiger partial charge is 0.303 e. The molecule has 6 heteroatoms. The van der Waals surface area contributed by atoms with Crippen LogP contribution in [0.4, 0.5) is 11.4 Å². The minimum Gasteiger partial charge on any atom is -0.481 e. The number of anilines is 2. The number of para-hydroxylation sites is 1. The maximum absolute atomic E-state index is 12.3. The Balaban J connectivity index is 1.58. The quantitative estimate of drug-likeness (QED) is 0.326. The van der Waals surface area contributed by atoms with Gasteiger partial charge in [0, 0.05) is 37.8 Å². The number of unbranched alkanes of at least 4 members (excludes halogenated alkanes) is 3. The van der Waals surface area contributed by atoms with Crippen LogP contribution in [0.1, 0.15) is 62.2 Å². The lowest BCUT2D eigenvalue weighted by atomic mass is 10.1. The maximum Gasteiger partial charge on any atom is 0.303 e. The fourth-order valence-corrected chi connectivity index (χ4v) is 4.50. The van der Waals surface area contributed by atoms with Gasteiger partial charge in [-0.2, -0.15) is 0 Å². The number of carboxylic acids is 1. The third-order valence-electron chi connectivity index (χ3n) is 6.51. The van der Waals surface area contributed by atoms with Crippen LogP contribution in [0.15, 0.2) is 60.7 Å². The van der Waals surface area contributed by atoms with Crippen molar-refractivity contribution in [3.63, 3.8) is 0 Å². The molecule has 1 saturated heterocycles. The van der Waals surface area contributed by atoms with Crippen molar-refractivity contribution in [2.45, 2.75) is 64.0 Å². The van der Waals surface area contributed by atoms with Crippen molar-refractivity contribution >= 4 is 23.3 Å². The fraction of sp³-hybridized carbons (Fsp3) is 0.429. The van der Waals surface area contributed by atoms with Crippen molar-refractivity contribution in [2.75, 3.05) is 18.5 Å². The highest BCUT2D eigenvalue weighted by molar-refractivity contribution is 5.79. The molecule has 6 nitrogen and oxygen atoms in total. The van der Waals surface area contributed by atoms with E-state index < -0.39 is 12.1 Å². The molecule has 0 aliphatic carbocycles. The third-order valence-corrected chi connectivity index (χ3v) is 6.51. The highest BCUT2D eigenvalue weighted by atomic mass is 16.4. The van der Waals surface area contributed by atoms with Crippen LogP contribution in [0.25, 0.3) is 0 Å². The number of hydrogen-bond donors (Lipinski definition) is 2. The number of carbonyl (C=O) groups is 2. The van der Waals surface area contributed by atoms with Crippen LogP contribution in [-0.2, 0) is 9.59 Å². The Kier molecular flexibility index (Phi) is 9.28. The zero-order valence-electron chi connectivity index (χ0n) is 20.2. The monoisotopic (exact) mass is 464 g/mol. The summed E-state index contributed by atoms with van der Waals surface area (Å²) >= 11 is 0. The van der Waals surface area contributed by atoms with Crippen molar-refractivity contribution in [1.29, 1.82) is 0 Å². The molecule has 2 aromatic carbocycles. The van der Waals surface area contributed by atoms with Crippen molar-refractivity contribution in [3.8, 4) is 0 Å². The van der Waals surface area contributed by atoms with Gasteiger partial charge in [0.05, 0.1) is 12.1 Å². The minimum absolute atomic E-state index is 0.000931. The lowest BCUT2D eigenvalue weighted by Gasteiger charge is -2.23. The highest BCUT2D eigenvalue weighted by Gasteiger charge is 2.28. The first-order valence-electron chi connectivity index (χ1n) is 12.1. The van der Waals surface area contributed by atoms with E-state index in [1.165, 1.54) is 5.56 Å². The lowest BCUT2D eigenvalue weighted by Crippen LogP contribution is -2.32. The van der Waals surface area contributed by atoms with Crippen LogP contribution in [0.2, 0.25) is 0 Å². The molecule has 3 rings (SSSR count). The maximum atomic E-state index is 12.3. The number of rotatable bonds is 12. The Bertz CT molecular complexity index is 1000. The second-order valence-corrected chi connectivity index (χ2v) is 9.02. The van der Waals surface area contributed by atoms with Crippen LogP contribution in [0, 0.1) is 6.92 Å². The van der Waals surface area contributed by atoms with Gasteiger partial charge in [0.2, 0.25) is 5.91 Å². The first kappa shape index (κ1) is 25.5. The summed E-state index contributed by atoms with van der Waals surface area (Å²) in [6.07, 6.45) is 7.80. The predicted molar refractivity (Wildman–Crippen MR) is 135 cm³/mol. The average molecular weight is 465 g/mol. The van der Waals surface area contributed by atoms with Gasteiger partial charge in [-0.25, -0.2) is 0 Å². The van der Waals surface area contributed by atoms with Gasteiger partial charge in [0.1, 0.15) is 0 Å². The first-order valence-corrected chi connectivity index (χ1v) is 12.1. The predicted octanol–water partition coefficient (Wildman–Crippen LogP) is 5.38. The topological polar surface area (TPSA) is 81.1 Å². The molecule has 0 aromatic heterocycles. The molecule has 1 heterocycles. The Morgan fingerprint density at radius 2 is 1.91 bits per heavy atom. The van der Waals surface area contributed by atoms with Gasteiger partial charge < -0.3 is 20.0 Å². The van der Waals surface area contributed by atoms with E-state index in [1.54, 1.807) is 6.08 Å². The molecule has 2 aromatic rings. The summed E-state index contributed by atoms with van der Waals surface area (Å²) in [6, 6.07) is 16.1. The Morgan fingerprint density at radius 3 is 2.68 bits per heavy atom. The number of amides is 1. The summed E-state index contributed by atoms with van der Waals surface area (Å²) < 4.78 is 0. The third kappa shape index (κ3) is 6.94. The van der Waals surface area contributed by atoms with Gasteiger partial charge in [-0.05, 0) is 55.5 Å². The Hall–Kier alpha value is -3.12. The second kappa shape index (κ2) is 12.4. The number of benzene rings is 2. The Morgan fingerprint density at radius 1 is 1.15 bits per heavy atom. The van der Waals surface area contributed by atoms with E-state index in [0.717, 1.165) is 42.6 Å². The van der Waals surface area contributed by atoms with Gasteiger partial charge in [-0.1, -0.05) is 55.3 Å². The molecule has 0 spiro atoms. The normalized spacial score (nSPS) is 16.9. The molecule has 1 amide bonds. The van der Waals surface area contributed by atoms with Crippen LogP contribution in [0.3, 0.4) is 0 Å². The van der Waals surface area contributed by atoms with Gasteiger partial charge in [-0.15, -0.1) is 0 Å². The van der Waals surface area contributed by atoms with Crippen molar-refractivity contribution in [1.82, 2.24) is 4.90 Å². The number of hydrogen-bond acceptors (Lipinski definition) is 4. The molecule has 34 heavy (non-hydrogen) atoms. The summed E-state index contributed by atoms with van der Waals surface area (Å²) in [5, 5.41) is 19.5. The number of carbonyl (C=O) groups excluding carboxylic acids is 1. The summed E-state index contributed by atoms with van der Waals surface area (Å²) in [4.78, 5) is 26.9. The molecule has 1 aliphatic rings. The van der Waals surface area contributed by atoms with Crippen molar-refractivity contribution < 1.29 is 19.8 Å². The molecule has 0 radical (unpaired) electrons. The number of aliphatic hydroxyl groups excluding tert-OH is 1. The molecule has 2 atom stereocenters. The van der Waals surface area contributed by atoms with Gasteiger partial charge in [-0.3, -0.25) is 9.59 Å². The summed E-state index contributed by atoms with van der Waals surface area (Å²) in [5.74, 6) is -0.609. The molecule has 0 saturated carbocycles. The average Bonchev–Trinajstić information content (AvgIpc) is 3.18. The molecule has 1 aliphatic heterocycles. The van der Waals surface area contributed by atoms with Crippen LogP contribution >= 0.6 is 0 Å². The number of aliphatic carboxylic acids is 1. The SMILES string of the molecule is Cc1ccccc1N(C)c1cccc(C(O)C=C[C@H]2CCC(=O)N2CCCCCCC(=O)O)c1. The highest BCUT2D eigenvalue weighted by Crippen LogP contribution is 2.29. The number of nitrogens with zero attached hydrogens (tertiary/aromatic N) is 2. The van der Waals surface area contributed by atoms with E-state index in [4.69, 9.17) is 5.11 Å². The number of likely N-dealkylation sites (tertiary alicyclic amines) is 1. The molecule has 1 fully saturated rings. The van der Waals surface area contributed by atoms with Crippen LogP contribution in [0.5, 0.6) is 0 Å². The summed E-state index contributed by atoms with van der Waals surface area (Å²) in [6.45, 7) is 2.76. The molecule has 1 unspecified atom stereocenters. The van der Waals surface area contributed by atoms with E-state index in [1.807, 2.05) is 54.4 Å². The largest absolute Gasteiger partial charge is 0.481 e. The first-order chi connectivity index (χ1) is 16.4. The number of aryl methyl sites for hydroxylation is 1. The van der Waals surface area contributed by atoms with Gasteiger partial charge in [0.15, 0.2) is 0 Å². The molecule has 0 bridgehead atoms. The molecular weight excluding hydrogens is 428 g/mol. The molecule has 2 N–H and O–H groups in total.